The van der Waals surface area contributed by atoms with Gasteiger partial charge in [-0.3, -0.25) is 9.69 Å². The lowest BCUT2D eigenvalue weighted by molar-refractivity contribution is -0.134. The summed E-state index contributed by atoms with van der Waals surface area (Å²) in [4.78, 5) is 21.2. The molecule has 1 unspecified atom stereocenters. The fraction of sp³-hybridized carbons (Fsp3) is 0.273. The summed E-state index contributed by atoms with van der Waals surface area (Å²) in [6, 6.07) is 18.9. The van der Waals surface area contributed by atoms with Gasteiger partial charge in [-0.25, -0.2) is 4.98 Å². The Kier molecular flexibility index (Phi) is 8.87. The number of rotatable bonds is 5. The minimum absolute atomic E-state index is 0. The van der Waals surface area contributed by atoms with Gasteiger partial charge in [0.25, 0.3) is 0 Å². The number of hydrogen-bond donors (Lipinski definition) is 1. The van der Waals surface area contributed by atoms with Crippen LogP contribution in [-0.2, 0) is 11.3 Å². The van der Waals surface area contributed by atoms with Gasteiger partial charge in [0.1, 0.15) is 6.04 Å². The first-order valence-electron chi connectivity index (χ1n) is 9.52. The number of carbonyl (C=O) groups excluding carboxylic acids is 1. The fourth-order valence-corrected chi connectivity index (χ4v) is 3.44. The van der Waals surface area contributed by atoms with Crippen LogP contribution < -0.4 is 5.73 Å². The summed E-state index contributed by atoms with van der Waals surface area (Å²) < 4.78 is 5.89. The van der Waals surface area contributed by atoms with Crippen LogP contribution in [0.1, 0.15) is 17.5 Å². The molecule has 4 rings (SSSR count). The number of carbonyl (C=O) groups is 1. The number of aromatic nitrogens is 1. The molecule has 0 radical (unpaired) electrons. The van der Waals surface area contributed by atoms with Gasteiger partial charge >= 0.3 is 0 Å². The van der Waals surface area contributed by atoms with E-state index >= 15 is 0 Å². The molecule has 0 spiro atoms. The predicted molar refractivity (Wildman–Crippen MR) is 122 cm³/mol. The second-order valence-electron chi connectivity index (χ2n) is 6.97. The average Bonchev–Trinajstić information content (AvgIpc) is 3.23. The van der Waals surface area contributed by atoms with Crippen molar-refractivity contribution in [1.29, 1.82) is 0 Å². The lowest BCUT2D eigenvalue weighted by Gasteiger charge is -2.35. The molecular weight excluding hydrogens is 423 g/mol. The highest BCUT2D eigenvalue weighted by Gasteiger charge is 2.26. The molecule has 1 fully saturated rings. The van der Waals surface area contributed by atoms with E-state index in [0.717, 1.165) is 30.0 Å². The number of nitrogens with zero attached hydrogens (tertiary/aromatic N) is 3. The maximum absolute atomic E-state index is 12.7. The van der Waals surface area contributed by atoms with E-state index in [1.165, 1.54) is 0 Å². The zero-order valence-electron chi connectivity index (χ0n) is 16.5. The van der Waals surface area contributed by atoms with Crippen molar-refractivity contribution < 1.29 is 9.21 Å². The van der Waals surface area contributed by atoms with Crippen molar-refractivity contribution in [2.75, 3.05) is 26.2 Å². The number of hydrogen-bond acceptors (Lipinski definition) is 5. The Morgan fingerprint density at radius 2 is 1.57 bits per heavy atom. The molecule has 2 aromatic carbocycles. The number of piperazine rings is 1. The molecule has 0 bridgehead atoms. The molecule has 1 aliphatic heterocycles. The van der Waals surface area contributed by atoms with Crippen LogP contribution in [0.25, 0.3) is 11.3 Å². The second-order valence-corrected chi connectivity index (χ2v) is 6.97. The van der Waals surface area contributed by atoms with Crippen LogP contribution in [0.2, 0.25) is 0 Å². The Hall–Kier alpha value is -2.38. The van der Waals surface area contributed by atoms with E-state index in [2.05, 4.69) is 9.88 Å². The number of benzene rings is 2. The predicted octanol–water partition coefficient (Wildman–Crippen LogP) is 3.53. The Labute approximate surface area is 188 Å². The van der Waals surface area contributed by atoms with E-state index in [1.54, 1.807) is 6.20 Å². The van der Waals surface area contributed by atoms with Crippen molar-refractivity contribution in [3.05, 3.63) is 78.3 Å². The first-order valence-corrected chi connectivity index (χ1v) is 9.52. The quantitative estimate of drug-likeness (QED) is 0.645. The van der Waals surface area contributed by atoms with Crippen LogP contribution in [0.3, 0.4) is 0 Å². The van der Waals surface area contributed by atoms with Crippen LogP contribution in [0.5, 0.6) is 0 Å². The SMILES string of the molecule is Cl.Cl.NC(C(=O)N1CCN(Cc2ncc(-c3ccccc3)o2)CC1)c1ccccc1. The zero-order valence-corrected chi connectivity index (χ0v) is 18.1. The molecule has 6 nitrogen and oxygen atoms in total. The number of amides is 1. The molecule has 0 saturated carbocycles. The van der Waals surface area contributed by atoms with Crippen LogP contribution in [0.4, 0.5) is 0 Å². The highest BCUT2D eigenvalue weighted by molar-refractivity contribution is 5.85. The van der Waals surface area contributed by atoms with E-state index in [9.17, 15) is 4.79 Å². The second kappa shape index (κ2) is 11.1. The lowest BCUT2D eigenvalue weighted by atomic mass is 10.1. The Bertz CT molecular complexity index is 913. The van der Waals surface area contributed by atoms with E-state index in [4.69, 9.17) is 10.2 Å². The molecule has 2 N–H and O–H groups in total. The minimum Gasteiger partial charge on any atom is -0.439 e. The molecule has 1 aliphatic rings. The average molecular weight is 449 g/mol. The van der Waals surface area contributed by atoms with Crippen molar-refractivity contribution in [3.63, 3.8) is 0 Å². The van der Waals surface area contributed by atoms with E-state index < -0.39 is 6.04 Å². The van der Waals surface area contributed by atoms with Gasteiger partial charge in [0.05, 0.1) is 12.7 Å². The number of oxazole rings is 1. The molecule has 1 atom stereocenters. The van der Waals surface area contributed by atoms with Crippen LogP contribution in [0.15, 0.2) is 71.3 Å². The third-order valence-corrected chi connectivity index (χ3v) is 5.08. The normalized spacial score (nSPS) is 15.0. The smallest absolute Gasteiger partial charge is 0.244 e. The molecular formula is C22H26Cl2N4O2. The third-order valence-electron chi connectivity index (χ3n) is 5.08. The maximum atomic E-state index is 12.7. The van der Waals surface area contributed by atoms with E-state index in [1.807, 2.05) is 65.6 Å². The summed E-state index contributed by atoms with van der Waals surface area (Å²) in [5.41, 5.74) is 8.03. The molecule has 0 aliphatic carbocycles. The van der Waals surface area contributed by atoms with Gasteiger partial charge in [-0.05, 0) is 5.56 Å². The maximum Gasteiger partial charge on any atom is 0.244 e. The van der Waals surface area contributed by atoms with Crippen molar-refractivity contribution in [3.8, 4) is 11.3 Å². The minimum atomic E-state index is -0.604. The molecule has 2 heterocycles. The summed E-state index contributed by atoms with van der Waals surface area (Å²) in [6.45, 7) is 3.50. The van der Waals surface area contributed by atoms with Crippen molar-refractivity contribution in [1.82, 2.24) is 14.8 Å². The number of halogens is 2. The molecule has 1 aromatic heterocycles. The van der Waals surface area contributed by atoms with Gasteiger partial charge in [0.2, 0.25) is 11.8 Å². The molecule has 30 heavy (non-hydrogen) atoms. The van der Waals surface area contributed by atoms with Crippen molar-refractivity contribution in [2.24, 2.45) is 5.73 Å². The topological polar surface area (TPSA) is 75.6 Å². The summed E-state index contributed by atoms with van der Waals surface area (Å²) in [5, 5.41) is 0. The molecule has 8 heteroatoms. The zero-order chi connectivity index (χ0) is 19.3. The van der Waals surface area contributed by atoms with Crippen LogP contribution in [0, 0.1) is 0 Å². The highest BCUT2D eigenvalue weighted by atomic mass is 35.5. The lowest BCUT2D eigenvalue weighted by Crippen LogP contribution is -2.50. The monoisotopic (exact) mass is 448 g/mol. The van der Waals surface area contributed by atoms with Gasteiger partial charge in [0.15, 0.2) is 5.76 Å². The van der Waals surface area contributed by atoms with Crippen LogP contribution in [-0.4, -0.2) is 46.9 Å². The molecule has 3 aromatic rings. The van der Waals surface area contributed by atoms with Crippen molar-refractivity contribution in [2.45, 2.75) is 12.6 Å². The largest absolute Gasteiger partial charge is 0.439 e. The molecule has 160 valence electrons. The summed E-state index contributed by atoms with van der Waals surface area (Å²) >= 11 is 0. The van der Waals surface area contributed by atoms with Gasteiger partial charge < -0.3 is 15.1 Å². The first-order chi connectivity index (χ1) is 13.7. The first kappa shape index (κ1) is 23.9. The third kappa shape index (κ3) is 5.61. The van der Waals surface area contributed by atoms with E-state index in [-0.39, 0.29) is 30.7 Å². The standard InChI is InChI=1S/C22H24N4O2.2ClH/c23-21(18-9-5-2-6-10-18)22(27)26-13-11-25(12-14-26)16-20-24-15-19(28-20)17-7-3-1-4-8-17;;/h1-10,15,21H,11-14,16,23H2;2*1H. The van der Waals surface area contributed by atoms with Crippen molar-refractivity contribution >= 4 is 30.7 Å². The summed E-state index contributed by atoms with van der Waals surface area (Å²) in [7, 11) is 0. The summed E-state index contributed by atoms with van der Waals surface area (Å²) in [5.74, 6) is 1.45. The molecule has 1 amide bonds. The number of nitrogens with two attached hydrogens (primary N) is 1. The van der Waals surface area contributed by atoms with Gasteiger partial charge in [-0.1, -0.05) is 60.7 Å². The van der Waals surface area contributed by atoms with Gasteiger partial charge in [-0.15, -0.1) is 24.8 Å². The highest BCUT2D eigenvalue weighted by Crippen LogP contribution is 2.21. The Balaban J connectivity index is 0.00000160. The van der Waals surface area contributed by atoms with Crippen LogP contribution >= 0.6 is 24.8 Å². The Morgan fingerprint density at radius 3 is 2.20 bits per heavy atom. The fourth-order valence-electron chi connectivity index (χ4n) is 3.44. The van der Waals surface area contributed by atoms with Gasteiger partial charge in [0, 0.05) is 31.7 Å². The van der Waals surface area contributed by atoms with E-state index in [0.29, 0.717) is 25.5 Å². The Morgan fingerprint density at radius 1 is 0.967 bits per heavy atom. The summed E-state index contributed by atoms with van der Waals surface area (Å²) in [6.07, 6.45) is 1.77. The van der Waals surface area contributed by atoms with Gasteiger partial charge in [-0.2, -0.15) is 0 Å². The molecule has 1 saturated heterocycles.